The smallest absolute Gasteiger partial charge is 0.252 e. The highest BCUT2D eigenvalue weighted by molar-refractivity contribution is 5.75. The van der Waals surface area contributed by atoms with Gasteiger partial charge in [0.1, 0.15) is 12.3 Å². The molecule has 0 atom stereocenters. The molecule has 2 heterocycles. The first-order valence-electron chi connectivity index (χ1n) is 5.98. The van der Waals surface area contributed by atoms with E-state index in [1.54, 1.807) is 22.8 Å². The Hall–Kier alpha value is -1.88. The summed E-state index contributed by atoms with van der Waals surface area (Å²) in [5, 5.41) is 0.920. The Morgan fingerprint density at radius 3 is 2.72 bits per heavy atom. The van der Waals surface area contributed by atoms with Crippen LogP contribution >= 0.6 is 0 Å². The third-order valence-corrected chi connectivity index (χ3v) is 2.64. The number of nitrogens with two attached hydrogens (primary N) is 1. The summed E-state index contributed by atoms with van der Waals surface area (Å²) < 4.78 is 7.04. The van der Waals surface area contributed by atoms with Gasteiger partial charge in [0, 0.05) is 30.1 Å². The van der Waals surface area contributed by atoms with Gasteiger partial charge in [-0.05, 0) is 26.0 Å². The van der Waals surface area contributed by atoms with Crippen molar-refractivity contribution in [2.45, 2.75) is 19.9 Å². The molecule has 2 N–H and O–H groups in total. The maximum absolute atomic E-state index is 11.9. The number of fused-ring (bicyclic) bond motifs is 1. The molecule has 5 heteroatoms. The first-order chi connectivity index (χ1) is 8.63. The minimum absolute atomic E-state index is 0.0541. The maximum Gasteiger partial charge on any atom is 0.252 e. The second-order valence-electron chi connectivity index (χ2n) is 4.33. The SMILES string of the molecule is CC(C)n1c(=O)ccc2ccc(OCCN)nc21. The first kappa shape index (κ1) is 12.6. The van der Waals surface area contributed by atoms with Crippen molar-refractivity contribution in [3.63, 3.8) is 0 Å². The van der Waals surface area contributed by atoms with E-state index in [2.05, 4.69) is 4.98 Å². The molecule has 0 bridgehead atoms. The van der Waals surface area contributed by atoms with Crippen LogP contribution in [0.5, 0.6) is 5.88 Å². The molecule has 0 spiro atoms. The van der Waals surface area contributed by atoms with Crippen molar-refractivity contribution in [3.8, 4) is 5.88 Å². The van der Waals surface area contributed by atoms with E-state index in [1.165, 1.54) is 0 Å². The van der Waals surface area contributed by atoms with Gasteiger partial charge < -0.3 is 10.5 Å². The van der Waals surface area contributed by atoms with Gasteiger partial charge >= 0.3 is 0 Å². The molecule has 96 valence electrons. The van der Waals surface area contributed by atoms with Crippen molar-refractivity contribution < 1.29 is 4.74 Å². The monoisotopic (exact) mass is 247 g/mol. The standard InChI is InChI=1S/C13H17N3O2/c1-9(2)16-12(17)6-4-10-3-5-11(15-13(10)16)18-8-7-14/h3-6,9H,7-8,14H2,1-2H3. The topological polar surface area (TPSA) is 70.1 Å². The van der Waals surface area contributed by atoms with E-state index >= 15 is 0 Å². The quantitative estimate of drug-likeness (QED) is 0.884. The van der Waals surface area contributed by atoms with Crippen LogP contribution in [-0.4, -0.2) is 22.7 Å². The van der Waals surface area contributed by atoms with E-state index < -0.39 is 0 Å². The van der Waals surface area contributed by atoms with Gasteiger partial charge in [0.2, 0.25) is 5.88 Å². The van der Waals surface area contributed by atoms with Crippen molar-refractivity contribution in [3.05, 3.63) is 34.6 Å². The van der Waals surface area contributed by atoms with Gasteiger partial charge in [0.05, 0.1) is 0 Å². The second kappa shape index (κ2) is 5.18. The molecule has 0 saturated heterocycles. The number of hydrogen-bond donors (Lipinski definition) is 1. The number of aromatic nitrogens is 2. The molecule has 0 aliphatic heterocycles. The van der Waals surface area contributed by atoms with Crippen molar-refractivity contribution in [1.82, 2.24) is 9.55 Å². The Bertz CT molecular complexity index is 605. The zero-order valence-corrected chi connectivity index (χ0v) is 10.6. The van der Waals surface area contributed by atoms with Crippen LogP contribution in [0.4, 0.5) is 0 Å². The van der Waals surface area contributed by atoms with E-state index in [4.69, 9.17) is 10.5 Å². The summed E-state index contributed by atoms with van der Waals surface area (Å²) in [6.07, 6.45) is 0. The predicted octanol–water partition coefficient (Wildman–Crippen LogP) is 1.31. The zero-order chi connectivity index (χ0) is 13.1. The molecule has 0 aliphatic carbocycles. The summed E-state index contributed by atoms with van der Waals surface area (Å²) in [5.41, 5.74) is 5.97. The lowest BCUT2D eigenvalue weighted by molar-refractivity contribution is 0.316. The fraction of sp³-hybridized carbons (Fsp3) is 0.385. The molecular formula is C13H17N3O2. The van der Waals surface area contributed by atoms with Crippen LogP contribution < -0.4 is 16.0 Å². The molecule has 2 aromatic rings. The van der Waals surface area contributed by atoms with Gasteiger partial charge in [-0.1, -0.05) is 0 Å². The van der Waals surface area contributed by atoms with Crippen LogP contribution in [0.2, 0.25) is 0 Å². The number of ether oxygens (including phenoxy) is 1. The molecule has 0 unspecified atom stereocenters. The molecular weight excluding hydrogens is 230 g/mol. The first-order valence-corrected chi connectivity index (χ1v) is 5.98. The molecule has 18 heavy (non-hydrogen) atoms. The van der Waals surface area contributed by atoms with Crippen LogP contribution in [0.25, 0.3) is 11.0 Å². The fourth-order valence-corrected chi connectivity index (χ4v) is 1.85. The lowest BCUT2D eigenvalue weighted by Crippen LogP contribution is -2.22. The molecule has 2 aromatic heterocycles. The van der Waals surface area contributed by atoms with Gasteiger partial charge in [-0.3, -0.25) is 9.36 Å². The van der Waals surface area contributed by atoms with Crippen LogP contribution in [-0.2, 0) is 0 Å². The van der Waals surface area contributed by atoms with Crippen molar-refractivity contribution >= 4 is 11.0 Å². The van der Waals surface area contributed by atoms with Crippen molar-refractivity contribution in [2.24, 2.45) is 5.73 Å². The largest absolute Gasteiger partial charge is 0.476 e. The Balaban J connectivity index is 2.58. The van der Waals surface area contributed by atoms with Crippen LogP contribution in [0.1, 0.15) is 19.9 Å². The predicted molar refractivity (Wildman–Crippen MR) is 70.9 cm³/mol. The molecule has 0 aromatic carbocycles. The minimum Gasteiger partial charge on any atom is -0.476 e. The Labute approximate surface area is 105 Å². The van der Waals surface area contributed by atoms with E-state index in [0.29, 0.717) is 24.7 Å². The van der Waals surface area contributed by atoms with E-state index in [-0.39, 0.29) is 11.6 Å². The molecule has 0 radical (unpaired) electrons. The van der Waals surface area contributed by atoms with Crippen LogP contribution in [0.15, 0.2) is 29.1 Å². The number of hydrogen-bond acceptors (Lipinski definition) is 4. The number of rotatable bonds is 4. The summed E-state index contributed by atoms with van der Waals surface area (Å²) in [6.45, 7) is 4.76. The van der Waals surface area contributed by atoms with Gasteiger partial charge in [-0.2, -0.15) is 4.98 Å². The summed E-state index contributed by atoms with van der Waals surface area (Å²) in [4.78, 5) is 16.2. The average Bonchev–Trinajstić information content (AvgIpc) is 2.35. The summed E-state index contributed by atoms with van der Waals surface area (Å²) in [5.74, 6) is 0.493. The molecule has 2 rings (SSSR count). The molecule has 5 nitrogen and oxygen atoms in total. The summed E-state index contributed by atoms with van der Waals surface area (Å²) in [7, 11) is 0. The van der Waals surface area contributed by atoms with Crippen LogP contribution in [0.3, 0.4) is 0 Å². The molecule has 0 aliphatic rings. The molecule has 0 saturated carbocycles. The number of nitrogens with zero attached hydrogens (tertiary/aromatic N) is 2. The highest BCUT2D eigenvalue weighted by atomic mass is 16.5. The minimum atomic E-state index is -0.0547. The third-order valence-electron chi connectivity index (χ3n) is 2.64. The van der Waals surface area contributed by atoms with Gasteiger partial charge in [0.15, 0.2) is 0 Å². The lowest BCUT2D eigenvalue weighted by atomic mass is 10.2. The number of pyridine rings is 2. The Morgan fingerprint density at radius 2 is 2.06 bits per heavy atom. The summed E-state index contributed by atoms with van der Waals surface area (Å²) >= 11 is 0. The highest BCUT2D eigenvalue weighted by Gasteiger charge is 2.08. The van der Waals surface area contributed by atoms with E-state index in [9.17, 15) is 4.79 Å². The van der Waals surface area contributed by atoms with Gasteiger partial charge in [-0.15, -0.1) is 0 Å². The fourth-order valence-electron chi connectivity index (χ4n) is 1.85. The molecule has 0 amide bonds. The van der Waals surface area contributed by atoms with Crippen LogP contribution in [0, 0.1) is 0 Å². The third kappa shape index (κ3) is 2.36. The normalized spacial score (nSPS) is 11.1. The average molecular weight is 247 g/mol. The van der Waals surface area contributed by atoms with Gasteiger partial charge in [-0.25, -0.2) is 0 Å². The maximum atomic E-state index is 11.9. The Morgan fingerprint density at radius 1 is 1.33 bits per heavy atom. The van der Waals surface area contributed by atoms with E-state index in [1.807, 2.05) is 19.9 Å². The van der Waals surface area contributed by atoms with Gasteiger partial charge in [0.25, 0.3) is 5.56 Å². The lowest BCUT2D eigenvalue weighted by Gasteiger charge is -2.13. The Kier molecular flexibility index (Phi) is 3.62. The van der Waals surface area contributed by atoms with Crippen molar-refractivity contribution in [2.75, 3.05) is 13.2 Å². The molecule has 0 fully saturated rings. The van der Waals surface area contributed by atoms with E-state index in [0.717, 1.165) is 5.39 Å². The summed E-state index contributed by atoms with van der Waals surface area (Å²) in [6, 6.07) is 7.07. The highest BCUT2D eigenvalue weighted by Crippen LogP contribution is 2.17. The second-order valence-corrected chi connectivity index (χ2v) is 4.33. The zero-order valence-electron chi connectivity index (χ0n) is 10.6. The van der Waals surface area contributed by atoms with Crippen molar-refractivity contribution in [1.29, 1.82) is 0 Å².